The maximum Gasteiger partial charge on any atom is 0.208 e. The van der Waals surface area contributed by atoms with E-state index in [1.165, 1.54) is 17.5 Å². The van der Waals surface area contributed by atoms with Crippen LogP contribution in [0.4, 0.5) is 5.82 Å². The van der Waals surface area contributed by atoms with Gasteiger partial charge in [-0.05, 0) is 18.9 Å². The fourth-order valence-corrected chi connectivity index (χ4v) is 4.51. The van der Waals surface area contributed by atoms with Gasteiger partial charge >= 0.3 is 0 Å². The highest BCUT2D eigenvalue weighted by atomic mass is 32.2. The minimum atomic E-state index is -3.17. The van der Waals surface area contributed by atoms with E-state index in [9.17, 15) is 8.42 Å². The number of anilines is 1. The summed E-state index contributed by atoms with van der Waals surface area (Å²) < 4.78 is 26.9. The molecule has 4 rings (SSSR count). The van der Waals surface area contributed by atoms with E-state index >= 15 is 0 Å². The van der Waals surface area contributed by atoms with Crippen molar-refractivity contribution in [3.63, 3.8) is 0 Å². The van der Waals surface area contributed by atoms with Crippen LogP contribution in [0.3, 0.4) is 0 Å². The molecule has 1 aliphatic rings. The number of hydrogen-bond acceptors (Lipinski definition) is 7. The number of piperazine rings is 1. The van der Waals surface area contributed by atoms with Gasteiger partial charge in [0.05, 0.1) is 12.5 Å². The van der Waals surface area contributed by atoms with Crippen LogP contribution in [0, 0.1) is 6.92 Å². The normalized spacial score (nSPS) is 15.2. The first kappa shape index (κ1) is 23.3. The van der Waals surface area contributed by atoms with Crippen LogP contribution in [0.2, 0.25) is 0 Å². The van der Waals surface area contributed by atoms with Gasteiger partial charge in [-0.15, -0.1) is 0 Å². The van der Waals surface area contributed by atoms with Gasteiger partial charge in [0.25, 0.3) is 0 Å². The van der Waals surface area contributed by atoms with Gasteiger partial charge in [0.15, 0.2) is 5.82 Å². The number of aromatic nitrogens is 4. The summed E-state index contributed by atoms with van der Waals surface area (Å²) >= 11 is 0. The van der Waals surface area contributed by atoms with Gasteiger partial charge in [-0.1, -0.05) is 24.3 Å². The van der Waals surface area contributed by atoms with E-state index in [4.69, 9.17) is 0 Å². The number of hydrogen-bond donors (Lipinski definition) is 1. The molecule has 1 aromatic carbocycles. The third kappa shape index (κ3) is 5.95. The predicted molar refractivity (Wildman–Crippen MR) is 129 cm³/mol. The standard InChI is InChI=1S/C23H31N7O2S/c1-18-21(16-26-28(18)2)17-29-12-14-30(15-13-29)23-22(24-10-11-25-23)20-6-4-19(5-7-20)8-9-27-33(3,31)32/h4-7,10-11,16,27H,8-9,12-15,17H2,1-3H3. The molecule has 10 heteroatoms. The smallest absolute Gasteiger partial charge is 0.208 e. The van der Waals surface area contributed by atoms with Gasteiger partial charge in [-0.2, -0.15) is 5.10 Å². The molecule has 176 valence electrons. The first-order valence-electron chi connectivity index (χ1n) is 11.1. The van der Waals surface area contributed by atoms with Gasteiger partial charge in [0, 0.05) is 75.5 Å². The highest BCUT2D eigenvalue weighted by molar-refractivity contribution is 7.88. The fraction of sp³-hybridized carbons (Fsp3) is 0.435. The van der Waals surface area contributed by atoms with Crippen molar-refractivity contribution in [1.82, 2.24) is 29.4 Å². The summed E-state index contributed by atoms with van der Waals surface area (Å²) in [5.74, 6) is 0.904. The van der Waals surface area contributed by atoms with Gasteiger partial charge in [0.1, 0.15) is 5.69 Å². The Bertz CT molecular complexity index is 1180. The number of nitrogens with zero attached hydrogens (tertiary/aromatic N) is 6. The number of rotatable bonds is 8. The molecule has 1 fully saturated rings. The lowest BCUT2D eigenvalue weighted by molar-refractivity contribution is 0.249. The van der Waals surface area contributed by atoms with Crippen molar-refractivity contribution in [1.29, 1.82) is 0 Å². The van der Waals surface area contributed by atoms with Crippen LogP contribution in [0.15, 0.2) is 42.9 Å². The molecule has 0 saturated carbocycles. The highest BCUT2D eigenvalue weighted by Gasteiger charge is 2.22. The summed E-state index contributed by atoms with van der Waals surface area (Å²) in [6, 6.07) is 8.10. The Hall–Kier alpha value is -2.82. The van der Waals surface area contributed by atoms with Gasteiger partial charge < -0.3 is 4.90 Å². The zero-order valence-electron chi connectivity index (χ0n) is 19.4. The van der Waals surface area contributed by atoms with Crippen molar-refractivity contribution in [2.45, 2.75) is 19.9 Å². The number of aryl methyl sites for hydroxylation is 1. The van der Waals surface area contributed by atoms with E-state index in [0.717, 1.165) is 55.4 Å². The Kier molecular flexibility index (Phi) is 7.06. The van der Waals surface area contributed by atoms with Crippen molar-refractivity contribution in [2.24, 2.45) is 7.05 Å². The quantitative estimate of drug-likeness (QED) is 0.535. The molecule has 1 saturated heterocycles. The molecule has 0 radical (unpaired) electrons. The highest BCUT2D eigenvalue weighted by Crippen LogP contribution is 2.28. The summed E-state index contributed by atoms with van der Waals surface area (Å²) in [5.41, 5.74) is 5.43. The average Bonchev–Trinajstić information content (AvgIpc) is 3.11. The predicted octanol–water partition coefficient (Wildman–Crippen LogP) is 1.60. The first-order valence-corrected chi connectivity index (χ1v) is 13.0. The van der Waals surface area contributed by atoms with E-state index < -0.39 is 10.0 Å². The molecule has 0 atom stereocenters. The topological polar surface area (TPSA) is 96.2 Å². The molecule has 1 aliphatic heterocycles. The lowest BCUT2D eigenvalue weighted by Crippen LogP contribution is -2.46. The van der Waals surface area contributed by atoms with Crippen molar-refractivity contribution in [3.8, 4) is 11.3 Å². The maximum absolute atomic E-state index is 11.2. The third-order valence-corrected chi connectivity index (χ3v) is 6.82. The Morgan fingerprint density at radius 1 is 1.03 bits per heavy atom. The van der Waals surface area contributed by atoms with E-state index in [1.807, 2.05) is 42.2 Å². The molecule has 0 aliphatic carbocycles. The fourth-order valence-electron chi connectivity index (χ4n) is 4.03. The second kappa shape index (κ2) is 9.98. The van der Waals surface area contributed by atoms with Crippen LogP contribution in [0.5, 0.6) is 0 Å². The molecular weight excluding hydrogens is 438 g/mol. The van der Waals surface area contributed by atoms with E-state index in [0.29, 0.717) is 13.0 Å². The average molecular weight is 470 g/mol. The van der Waals surface area contributed by atoms with E-state index in [1.54, 1.807) is 12.4 Å². The van der Waals surface area contributed by atoms with Gasteiger partial charge in [0.2, 0.25) is 10.0 Å². The summed E-state index contributed by atoms with van der Waals surface area (Å²) in [7, 11) is -1.19. The third-order valence-electron chi connectivity index (χ3n) is 6.09. The summed E-state index contributed by atoms with van der Waals surface area (Å²) in [6.07, 6.45) is 7.24. The van der Waals surface area contributed by atoms with Crippen LogP contribution < -0.4 is 9.62 Å². The summed E-state index contributed by atoms with van der Waals surface area (Å²) in [4.78, 5) is 14.0. The Morgan fingerprint density at radius 3 is 2.36 bits per heavy atom. The molecule has 2 aromatic heterocycles. The molecule has 1 N–H and O–H groups in total. The largest absolute Gasteiger partial charge is 0.352 e. The molecule has 0 bridgehead atoms. The molecule has 0 spiro atoms. The van der Waals surface area contributed by atoms with E-state index in [-0.39, 0.29) is 0 Å². The number of nitrogens with one attached hydrogen (secondary N) is 1. The van der Waals surface area contributed by atoms with Crippen LogP contribution in [0.25, 0.3) is 11.3 Å². The minimum absolute atomic E-state index is 0.386. The van der Waals surface area contributed by atoms with Gasteiger partial charge in [-0.25, -0.2) is 18.1 Å². The first-order chi connectivity index (χ1) is 15.8. The van der Waals surface area contributed by atoms with Crippen molar-refractivity contribution >= 4 is 15.8 Å². The lowest BCUT2D eigenvalue weighted by atomic mass is 10.1. The number of benzene rings is 1. The Balaban J connectivity index is 1.40. The molecule has 3 aromatic rings. The van der Waals surface area contributed by atoms with Crippen LogP contribution >= 0.6 is 0 Å². The SMILES string of the molecule is Cc1c(CN2CCN(c3nccnc3-c3ccc(CCNS(C)(=O)=O)cc3)CC2)cnn1C. The number of sulfonamides is 1. The maximum atomic E-state index is 11.2. The molecule has 0 unspecified atom stereocenters. The summed E-state index contributed by atoms with van der Waals surface area (Å²) in [6.45, 7) is 7.10. The van der Waals surface area contributed by atoms with Gasteiger partial charge in [-0.3, -0.25) is 14.6 Å². The second-order valence-electron chi connectivity index (χ2n) is 8.48. The molecule has 3 heterocycles. The lowest BCUT2D eigenvalue weighted by Gasteiger charge is -2.35. The Morgan fingerprint density at radius 2 is 1.73 bits per heavy atom. The zero-order chi connectivity index (χ0) is 23.4. The van der Waals surface area contributed by atoms with E-state index in [2.05, 4.69) is 36.5 Å². The molecule has 9 nitrogen and oxygen atoms in total. The van der Waals surface area contributed by atoms with Crippen molar-refractivity contribution in [3.05, 3.63) is 59.7 Å². The minimum Gasteiger partial charge on any atom is -0.352 e. The second-order valence-corrected chi connectivity index (χ2v) is 10.3. The van der Waals surface area contributed by atoms with Crippen molar-refractivity contribution in [2.75, 3.05) is 43.9 Å². The van der Waals surface area contributed by atoms with Crippen LogP contribution in [-0.4, -0.2) is 72.0 Å². The van der Waals surface area contributed by atoms with Crippen molar-refractivity contribution < 1.29 is 8.42 Å². The molecule has 33 heavy (non-hydrogen) atoms. The van der Waals surface area contributed by atoms with Crippen LogP contribution in [-0.2, 0) is 30.0 Å². The monoisotopic (exact) mass is 469 g/mol. The Labute approximate surface area is 195 Å². The molecule has 0 amide bonds. The summed E-state index contributed by atoms with van der Waals surface area (Å²) in [5, 5.41) is 4.35. The van der Waals surface area contributed by atoms with Crippen LogP contribution in [0.1, 0.15) is 16.8 Å². The molecular formula is C23H31N7O2S. The zero-order valence-corrected chi connectivity index (χ0v) is 20.2.